The van der Waals surface area contributed by atoms with Gasteiger partial charge in [-0.25, -0.2) is 9.98 Å². The Balaban J connectivity index is 0.000000296. The van der Waals surface area contributed by atoms with Gasteiger partial charge in [0, 0.05) is 35.9 Å². The molecule has 302 valence electrons. The van der Waals surface area contributed by atoms with Crippen LogP contribution in [0.1, 0.15) is 125 Å². The first-order valence-corrected chi connectivity index (χ1v) is 20.8. The molecule has 0 saturated carbocycles. The summed E-state index contributed by atoms with van der Waals surface area (Å²) in [4.78, 5) is 37.2. The normalized spacial score (nSPS) is 14.6. The summed E-state index contributed by atoms with van der Waals surface area (Å²) in [6.07, 6.45) is 20.4. The summed E-state index contributed by atoms with van der Waals surface area (Å²) < 4.78 is 22.8. The quantitative estimate of drug-likeness (QED) is 0.0815. The number of carbonyl (C=O) groups excluding carboxylic acids is 2. The highest BCUT2D eigenvalue weighted by Gasteiger charge is 2.22. The van der Waals surface area contributed by atoms with Crippen LogP contribution in [0.5, 0.6) is 11.5 Å². The summed E-state index contributed by atoms with van der Waals surface area (Å²) >= 11 is 0. The van der Waals surface area contributed by atoms with Gasteiger partial charge in [0.05, 0.1) is 50.5 Å². The van der Waals surface area contributed by atoms with E-state index in [2.05, 4.69) is 37.7 Å². The highest BCUT2D eigenvalue weighted by atomic mass is 16.6. The molecule has 0 amide bonds. The molecule has 55 heavy (non-hydrogen) atoms. The molecule has 2 unspecified atom stereocenters. The van der Waals surface area contributed by atoms with E-state index in [1.54, 1.807) is 24.8 Å². The number of anilines is 2. The van der Waals surface area contributed by atoms with Crippen molar-refractivity contribution in [3.05, 3.63) is 72.7 Å². The second-order valence-corrected chi connectivity index (χ2v) is 14.0. The lowest BCUT2D eigenvalue weighted by Crippen LogP contribution is -2.24. The Hall–Kier alpha value is -4.60. The van der Waals surface area contributed by atoms with Crippen molar-refractivity contribution in [1.82, 2.24) is 0 Å². The number of hydrogen-bond donors (Lipinski definition) is 0. The SMILES string of the molecule is CCCCCCOc1cccc(N2C=C(OC(=O)C(CC)CCC)N=CC2)c1.CCCCCOc1cccc(N2C=C(OC(=O)C(CC)CCC)N=CC2)c1. The van der Waals surface area contributed by atoms with Crippen LogP contribution < -0.4 is 19.3 Å². The highest BCUT2D eigenvalue weighted by Crippen LogP contribution is 2.26. The summed E-state index contributed by atoms with van der Waals surface area (Å²) in [7, 11) is 0. The first-order chi connectivity index (χ1) is 26.8. The van der Waals surface area contributed by atoms with Crippen LogP contribution in [0.3, 0.4) is 0 Å². The molecule has 2 heterocycles. The number of nitrogens with zero attached hydrogens (tertiary/aromatic N) is 4. The summed E-state index contributed by atoms with van der Waals surface area (Å²) in [5, 5.41) is 0. The maximum absolute atomic E-state index is 12.3. The van der Waals surface area contributed by atoms with Crippen molar-refractivity contribution in [3.8, 4) is 11.5 Å². The molecule has 0 spiro atoms. The average molecular weight is 759 g/mol. The predicted octanol–water partition coefficient (Wildman–Crippen LogP) is 11.0. The van der Waals surface area contributed by atoms with Gasteiger partial charge in [-0.15, -0.1) is 0 Å². The number of rotatable bonds is 23. The van der Waals surface area contributed by atoms with Crippen molar-refractivity contribution in [2.24, 2.45) is 21.8 Å². The molecule has 2 atom stereocenters. The lowest BCUT2D eigenvalue weighted by Gasteiger charge is -2.23. The molecule has 0 aromatic heterocycles. The van der Waals surface area contributed by atoms with E-state index >= 15 is 0 Å². The van der Waals surface area contributed by atoms with Crippen LogP contribution >= 0.6 is 0 Å². The van der Waals surface area contributed by atoms with Crippen molar-refractivity contribution >= 4 is 35.7 Å². The fourth-order valence-electron chi connectivity index (χ4n) is 6.15. The molecule has 0 N–H and O–H groups in total. The number of hydrogen-bond acceptors (Lipinski definition) is 10. The van der Waals surface area contributed by atoms with E-state index in [1.165, 1.54) is 32.1 Å². The third-order valence-electron chi connectivity index (χ3n) is 9.44. The molecule has 2 aliphatic heterocycles. The van der Waals surface area contributed by atoms with Gasteiger partial charge < -0.3 is 28.7 Å². The molecule has 0 aliphatic carbocycles. The topological polar surface area (TPSA) is 102 Å². The predicted molar refractivity (Wildman–Crippen MR) is 225 cm³/mol. The highest BCUT2D eigenvalue weighted by molar-refractivity contribution is 5.77. The average Bonchev–Trinajstić information content (AvgIpc) is 3.21. The van der Waals surface area contributed by atoms with Crippen LogP contribution in [0.25, 0.3) is 0 Å². The fourth-order valence-corrected chi connectivity index (χ4v) is 6.15. The van der Waals surface area contributed by atoms with Crippen molar-refractivity contribution in [2.45, 2.75) is 125 Å². The van der Waals surface area contributed by atoms with Gasteiger partial charge in [0.15, 0.2) is 0 Å². The number of unbranched alkanes of at least 4 members (excludes halogenated alkanes) is 5. The van der Waals surface area contributed by atoms with Gasteiger partial charge in [0.2, 0.25) is 11.8 Å². The molecule has 2 aromatic rings. The zero-order valence-corrected chi connectivity index (χ0v) is 34.3. The van der Waals surface area contributed by atoms with Gasteiger partial charge in [-0.05, 0) is 62.8 Å². The molecule has 2 aromatic carbocycles. The Morgan fingerprint density at radius 2 is 1.04 bits per heavy atom. The van der Waals surface area contributed by atoms with Crippen LogP contribution in [-0.4, -0.2) is 50.7 Å². The molecule has 0 fully saturated rings. The van der Waals surface area contributed by atoms with E-state index in [-0.39, 0.29) is 23.8 Å². The Bertz CT molecular complexity index is 1550. The first kappa shape index (κ1) is 44.8. The maximum atomic E-state index is 12.3. The van der Waals surface area contributed by atoms with Crippen LogP contribution in [0.2, 0.25) is 0 Å². The first-order valence-electron chi connectivity index (χ1n) is 20.8. The van der Waals surface area contributed by atoms with Crippen molar-refractivity contribution in [2.75, 3.05) is 36.1 Å². The molecular formula is C45H66N4O6. The number of aliphatic imine (C=N–C) groups is 2. The molecule has 4 rings (SSSR count). The number of carbonyl (C=O) groups is 2. The minimum atomic E-state index is -0.197. The molecular weight excluding hydrogens is 693 g/mol. The summed E-state index contributed by atoms with van der Waals surface area (Å²) in [6, 6.07) is 16.0. The van der Waals surface area contributed by atoms with Gasteiger partial charge >= 0.3 is 11.9 Å². The monoisotopic (exact) mass is 758 g/mol. The maximum Gasteiger partial charge on any atom is 0.315 e. The Morgan fingerprint density at radius 1 is 0.600 bits per heavy atom. The van der Waals surface area contributed by atoms with Crippen LogP contribution in [0, 0.1) is 11.8 Å². The fraction of sp³-hybridized carbons (Fsp3) is 0.556. The molecule has 0 radical (unpaired) electrons. The molecule has 0 bridgehead atoms. The zero-order valence-electron chi connectivity index (χ0n) is 34.3. The van der Waals surface area contributed by atoms with Crippen molar-refractivity contribution in [1.29, 1.82) is 0 Å². The van der Waals surface area contributed by atoms with E-state index in [4.69, 9.17) is 18.9 Å². The number of esters is 2. The van der Waals surface area contributed by atoms with Gasteiger partial charge in [-0.2, -0.15) is 0 Å². The lowest BCUT2D eigenvalue weighted by molar-refractivity contribution is -0.145. The minimum absolute atomic E-state index is 0.0682. The van der Waals surface area contributed by atoms with E-state index in [0.29, 0.717) is 24.9 Å². The minimum Gasteiger partial charge on any atom is -0.494 e. The number of benzene rings is 2. The van der Waals surface area contributed by atoms with Gasteiger partial charge in [-0.3, -0.25) is 9.59 Å². The zero-order chi connectivity index (χ0) is 39.7. The van der Waals surface area contributed by atoms with Crippen molar-refractivity contribution < 1.29 is 28.5 Å². The van der Waals surface area contributed by atoms with E-state index in [9.17, 15) is 9.59 Å². The Kier molecular flexibility index (Phi) is 21.4. The second kappa shape index (κ2) is 26.2. The summed E-state index contributed by atoms with van der Waals surface area (Å²) in [6.45, 7) is 15.3. The lowest BCUT2D eigenvalue weighted by atomic mass is 10.0. The molecule has 10 heteroatoms. The molecule has 10 nitrogen and oxygen atoms in total. The standard InChI is InChI=1S/C23H34N2O3.C22H32N2O3/c1-4-7-8-9-16-27-21-13-10-12-20(17-21)25-15-14-24-22(18-25)28-23(26)19(6-3)11-5-2;1-4-7-8-15-26-20-12-9-11-19(16-20)24-14-13-23-21(17-24)27-22(25)18(6-3)10-5-2/h10,12-14,17-19H,4-9,11,15-16H2,1-3H3;9,11-13,16-18H,4-8,10,14-15H2,1-3H3. The van der Waals surface area contributed by atoms with E-state index < -0.39 is 0 Å². The van der Waals surface area contributed by atoms with Gasteiger partial charge in [0.25, 0.3) is 0 Å². The van der Waals surface area contributed by atoms with Gasteiger partial charge in [-0.1, -0.05) is 98.6 Å². The molecule has 0 saturated heterocycles. The van der Waals surface area contributed by atoms with E-state index in [1.807, 2.05) is 72.2 Å². The van der Waals surface area contributed by atoms with Crippen LogP contribution in [-0.2, 0) is 19.1 Å². The summed E-state index contributed by atoms with van der Waals surface area (Å²) in [5.74, 6) is 1.87. The van der Waals surface area contributed by atoms with Crippen molar-refractivity contribution in [3.63, 3.8) is 0 Å². The summed E-state index contributed by atoms with van der Waals surface area (Å²) in [5.41, 5.74) is 1.98. The largest absolute Gasteiger partial charge is 0.494 e. The Labute approximate surface area is 330 Å². The Morgan fingerprint density at radius 3 is 1.45 bits per heavy atom. The second-order valence-electron chi connectivity index (χ2n) is 14.0. The smallest absolute Gasteiger partial charge is 0.315 e. The third kappa shape index (κ3) is 16.3. The molecule has 2 aliphatic rings. The van der Waals surface area contributed by atoms with Gasteiger partial charge in [0.1, 0.15) is 11.5 Å². The third-order valence-corrected chi connectivity index (χ3v) is 9.44. The number of ether oxygens (including phenoxy) is 4. The van der Waals surface area contributed by atoms with Crippen LogP contribution in [0.4, 0.5) is 11.4 Å². The van der Waals surface area contributed by atoms with E-state index in [0.717, 1.165) is 87.5 Å². The van der Waals surface area contributed by atoms with Crippen LogP contribution in [0.15, 0.2) is 82.7 Å².